The largest absolute Gasteiger partial charge is 0.494 e. The molecule has 1 fully saturated rings. The first-order valence-corrected chi connectivity index (χ1v) is 15.9. The Morgan fingerprint density at radius 3 is 2.32 bits per heavy atom. The highest BCUT2D eigenvalue weighted by atomic mass is 32.2. The molecule has 0 bridgehead atoms. The number of benzene rings is 3. The van der Waals surface area contributed by atoms with E-state index in [2.05, 4.69) is 26.0 Å². The molecule has 1 aromatic heterocycles. The Morgan fingerprint density at radius 1 is 0.977 bits per heavy atom. The Hall–Kier alpha value is -4.52. The number of hydrogen-bond acceptors (Lipinski definition) is 9. The number of amides is 1. The number of aromatic amines is 1. The minimum absolute atomic E-state index is 0.00929. The van der Waals surface area contributed by atoms with E-state index in [1.165, 1.54) is 19.1 Å². The average Bonchev–Trinajstić information content (AvgIpc) is 3.35. The van der Waals surface area contributed by atoms with E-state index in [0.29, 0.717) is 34.4 Å². The molecule has 0 spiro atoms. The number of nitrogens with zero attached hydrogens (tertiary/aromatic N) is 4. The highest BCUT2D eigenvalue weighted by molar-refractivity contribution is 7.87. The smallest absolute Gasteiger partial charge is 0.353 e. The number of carbonyl (C=O) groups excluding carboxylic acids is 2. The Kier molecular flexibility index (Phi) is 9.14. The second-order valence-electron chi connectivity index (χ2n) is 10.7. The summed E-state index contributed by atoms with van der Waals surface area (Å²) in [5, 5.41) is 11.6. The van der Waals surface area contributed by atoms with Crippen LogP contribution in [0, 0.1) is 0 Å². The summed E-state index contributed by atoms with van der Waals surface area (Å²) in [4.78, 5) is 39.2. The summed E-state index contributed by atoms with van der Waals surface area (Å²) in [7, 11) is -0.140. The Bertz CT molecular complexity index is 1790. The van der Waals surface area contributed by atoms with Gasteiger partial charge in [0.05, 0.1) is 34.8 Å². The summed E-state index contributed by atoms with van der Waals surface area (Å²) in [5.41, 5.74) is 3.39. The van der Waals surface area contributed by atoms with Gasteiger partial charge in [-0.1, -0.05) is 36.4 Å². The summed E-state index contributed by atoms with van der Waals surface area (Å²) < 4.78 is 28.2. The molecule has 2 N–H and O–H groups in total. The minimum atomic E-state index is -3.98. The molecule has 5 rings (SSSR count). The molecule has 1 amide bonds. The lowest BCUT2D eigenvalue weighted by Crippen LogP contribution is -2.48. The van der Waals surface area contributed by atoms with Crippen molar-refractivity contribution in [1.82, 2.24) is 14.8 Å². The fraction of sp³-hybridized carbons (Fsp3) is 0.281. The maximum atomic E-state index is 13.0. The van der Waals surface area contributed by atoms with Crippen LogP contribution in [0.15, 0.2) is 77.8 Å². The van der Waals surface area contributed by atoms with Crippen LogP contribution < -0.4 is 4.90 Å². The van der Waals surface area contributed by atoms with E-state index < -0.39 is 16.1 Å². The number of aromatic nitrogens is 1. The zero-order valence-electron chi connectivity index (χ0n) is 24.9. The van der Waals surface area contributed by atoms with Crippen LogP contribution in [0.25, 0.3) is 10.9 Å². The van der Waals surface area contributed by atoms with Gasteiger partial charge in [0.25, 0.3) is 0 Å². The zero-order chi connectivity index (χ0) is 31.4. The van der Waals surface area contributed by atoms with E-state index >= 15 is 0 Å². The van der Waals surface area contributed by atoms with Gasteiger partial charge in [0.15, 0.2) is 5.88 Å². The molecule has 0 radical (unpaired) electrons. The number of aliphatic imine (C=N–C) groups is 1. The van der Waals surface area contributed by atoms with E-state index in [0.717, 1.165) is 37.4 Å². The standard InChI is InChI=1S/C32H35N5O6S/c1-4-44(41,42)43-32(40)23-10-15-26-27(20-23)34-31(39)29(26)30(22-8-6-5-7-9-22)33-24-11-13-25(14-12-24)36(3)28(38)21-37-18-16-35(2)17-19-37/h5-15,20,34,39H,4,16-19,21H2,1-3H3. The first kappa shape index (κ1) is 30.9. The van der Waals surface area contributed by atoms with Gasteiger partial charge in [0.1, 0.15) is 0 Å². The summed E-state index contributed by atoms with van der Waals surface area (Å²) in [6.07, 6.45) is 0. The number of anilines is 1. The number of piperazine rings is 1. The number of rotatable bonds is 9. The van der Waals surface area contributed by atoms with E-state index in [1.807, 2.05) is 54.6 Å². The van der Waals surface area contributed by atoms with Crippen LogP contribution in [-0.2, 0) is 19.1 Å². The molecule has 1 aliphatic rings. The third kappa shape index (κ3) is 6.99. The molecule has 0 aliphatic carbocycles. The summed E-state index contributed by atoms with van der Waals surface area (Å²) in [6, 6.07) is 21.1. The number of likely N-dealkylation sites (N-methyl/N-ethyl adjacent to an activating group) is 2. The monoisotopic (exact) mass is 617 g/mol. The maximum Gasteiger partial charge on any atom is 0.353 e. The first-order valence-electron chi connectivity index (χ1n) is 14.3. The van der Waals surface area contributed by atoms with Crippen molar-refractivity contribution in [3.8, 4) is 5.88 Å². The second kappa shape index (κ2) is 13.0. The second-order valence-corrected chi connectivity index (χ2v) is 12.6. The van der Waals surface area contributed by atoms with E-state index in [-0.39, 0.29) is 23.1 Å². The average molecular weight is 618 g/mol. The molecule has 44 heavy (non-hydrogen) atoms. The molecule has 0 saturated carbocycles. The summed E-state index contributed by atoms with van der Waals surface area (Å²) in [5.74, 6) is -1.50. The van der Waals surface area contributed by atoms with Crippen LogP contribution in [0.5, 0.6) is 5.88 Å². The van der Waals surface area contributed by atoms with Crippen LogP contribution in [0.1, 0.15) is 28.4 Å². The topological polar surface area (TPSA) is 136 Å². The first-order chi connectivity index (χ1) is 21.0. The number of H-pyrrole nitrogens is 1. The van der Waals surface area contributed by atoms with E-state index in [9.17, 15) is 23.1 Å². The Labute approximate surface area is 256 Å². The fourth-order valence-corrected chi connectivity index (χ4v) is 5.41. The lowest BCUT2D eigenvalue weighted by molar-refractivity contribution is -0.119. The molecule has 3 aromatic carbocycles. The normalized spacial score (nSPS) is 14.9. The molecule has 0 unspecified atom stereocenters. The van der Waals surface area contributed by atoms with Crippen molar-refractivity contribution in [2.75, 3.05) is 57.5 Å². The van der Waals surface area contributed by atoms with Gasteiger partial charge in [-0.15, -0.1) is 0 Å². The minimum Gasteiger partial charge on any atom is -0.494 e. The van der Waals surface area contributed by atoms with Crippen molar-refractivity contribution in [3.05, 3.63) is 89.5 Å². The number of aromatic hydroxyl groups is 1. The molecular weight excluding hydrogens is 582 g/mol. The van der Waals surface area contributed by atoms with E-state index in [1.54, 1.807) is 18.0 Å². The van der Waals surface area contributed by atoms with Crippen LogP contribution >= 0.6 is 0 Å². The quantitative estimate of drug-likeness (QED) is 0.214. The van der Waals surface area contributed by atoms with Crippen LogP contribution in [-0.4, -0.2) is 98.5 Å². The molecule has 4 aromatic rings. The van der Waals surface area contributed by atoms with Crippen molar-refractivity contribution in [2.45, 2.75) is 6.92 Å². The zero-order valence-corrected chi connectivity index (χ0v) is 25.7. The molecular formula is C32H35N5O6S. The van der Waals surface area contributed by atoms with Gasteiger partial charge in [-0.3, -0.25) is 9.69 Å². The van der Waals surface area contributed by atoms with Crippen LogP contribution in [0.4, 0.5) is 11.4 Å². The Morgan fingerprint density at radius 2 is 1.66 bits per heavy atom. The molecule has 1 aliphatic heterocycles. The summed E-state index contributed by atoms with van der Waals surface area (Å²) >= 11 is 0. The van der Waals surface area contributed by atoms with Gasteiger partial charge < -0.3 is 24.1 Å². The highest BCUT2D eigenvalue weighted by Crippen LogP contribution is 2.32. The predicted octanol–water partition coefficient (Wildman–Crippen LogP) is 3.76. The van der Waals surface area contributed by atoms with Crippen molar-refractivity contribution < 1.29 is 27.3 Å². The van der Waals surface area contributed by atoms with Crippen molar-refractivity contribution >= 4 is 50.0 Å². The van der Waals surface area contributed by atoms with Gasteiger partial charge in [-0.05, 0) is 50.4 Å². The van der Waals surface area contributed by atoms with Crippen molar-refractivity contribution in [3.63, 3.8) is 0 Å². The van der Waals surface area contributed by atoms with Crippen molar-refractivity contribution in [2.24, 2.45) is 4.99 Å². The number of hydrogen-bond donors (Lipinski definition) is 2. The molecule has 2 heterocycles. The highest BCUT2D eigenvalue weighted by Gasteiger charge is 2.23. The maximum absolute atomic E-state index is 13.0. The third-order valence-electron chi connectivity index (χ3n) is 7.66. The lowest BCUT2D eigenvalue weighted by Gasteiger charge is -2.32. The van der Waals surface area contributed by atoms with Crippen LogP contribution in [0.2, 0.25) is 0 Å². The van der Waals surface area contributed by atoms with Gasteiger partial charge in [0.2, 0.25) is 5.91 Å². The van der Waals surface area contributed by atoms with Gasteiger partial charge >= 0.3 is 16.1 Å². The van der Waals surface area contributed by atoms with E-state index in [4.69, 9.17) is 4.99 Å². The number of carbonyl (C=O) groups is 2. The van der Waals surface area contributed by atoms with Gasteiger partial charge in [0, 0.05) is 55.4 Å². The predicted molar refractivity (Wildman–Crippen MR) is 170 cm³/mol. The fourth-order valence-electron chi connectivity index (χ4n) is 4.96. The summed E-state index contributed by atoms with van der Waals surface area (Å²) in [6.45, 7) is 5.34. The van der Waals surface area contributed by atoms with Gasteiger partial charge in [-0.2, -0.15) is 8.42 Å². The molecule has 12 heteroatoms. The van der Waals surface area contributed by atoms with Gasteiger partial charge in [-0.25, -0.2) is 9.79 Å². The lowest BCUT2D eigenvalue weighted by atomic mass is 10.00. The van der Waals surface area contributed by atoms with Crippen molar-refractivity contribution in [1.29, 1.82) is 0 Å². The SMILES string of the molecule is CCS(=O)(=O)OC(=O)c1ccc2c(C(=Nc3ccc(N(C)C(=O)CN4CCN(C)CC4)cc3)c3ccccc3)c(O)[nH]c2c1. The molecule has 1 saturated heterocycles. The number of nitrogens with one attached hydrogen (secondary N) is 1. The molecule has 230 valence electrons. The number of fused-ring (bicyclic) bond motifs is 1. The molecule has 11 nitrogen and oxygen atoms in total. The molecule has 0 atom stereocenters. The third-order valence-corrected chi connectivity index (χ3v) is 8.77. The Balaban J connectivity index is 1.44. The van der Waals surface area contributed by atoms with Crippen LogP contribution in [0.3, 0.4) is 0 Å².